The molecule has 0 aliphatic heterocycles. The van der Waals surface area contributed by atoms with Gasteiger partial charge in [-0.2, -0.15) is 0 Å². The summed E-state index contributed by atoms with van der Waals surface area (Å²) in [7, 11) is 3.59. The van der Waals surface area contributed by atoms with Crippen molar-refractivity contribution in [2.45, 2.75) is 6.54 Å². The highest BCUT2D eigenvalue weighted by molar-refractivity contribution is 5.54. The summed E-state index contributed by atoms with van der Waals surface area (Å²) in [6, 6.07) is 5.99. The van der Waals surface area contributed by atoms with Gasteiger partial charge < -0.3 is 10.1 Å². The third-order valence-corrected chi connectivity index (χ3v) is 1.94. The van der Waals surface area contributed by atoms with Crippen molar-refractivity contribution in [3.63, 3.8) is 0 Å². The predicted octanol–water partition coefficient (Wildman–Crippen LogP) is 2.06. The van der Waals surface area contributed by atoms with Gasteiger partial charge in [0.05, 0.1) is 7.11 Å². The Bertz CT molecular complexity index is 294. The van der Waals surface area contributed by atoms with Gasteiger partial charge in [-0.05, 0) is 30.3 Å². The Kier molecular flexibility index (Phi) is 3.53. The van der Waals surface area contributed by atoms with E-state index in [-0.39, 0.29) is 0 Å². The maximum Gasteiger partial charge on any atom is 0.119 e. The maximum atomic E-state index is 5.12. The minimum atomic E-state index is 0.853. The number of hydrogen-bond donors (Lipinski definition) is 1. The van der Waals surface area contributed by atoms with Gasteiger partial charge in [0.1, 0.15) is 5.75 Å². The quantitative estimate of drug-likeness (QED) is 0.760. The summed E-state index contributed by atoms with van der Waals surface area (Å²) in [6.45, 7) is 4.62. The summed E-state index contributed by atoms with van der Waals surface area (Å²) < 4.78 is 5.12. The van der Waals surface area contributed by atoms with Crippen LogP contribution < -0.4 is 10.1 Å². The Labute approximate surface area is 79.2 Å². The molecule has 1 aromatic rings. The van der Waals surface area contributed by atoms with E-state index in [2.05, 4.69) is 11.9 Å². The van der Waals surface area contributed by atoms with Crippen LogP contribution in [0, 0.1) is 0 Å². The highest BCUT2D eigenvalue weighted by Crippen LogP contribution is 2.18. The van der Waals surface area contributed by atoms with Crippen molar-refractivity contribution in [2.75, 3.05) is 14.2 Å². The van der Waals surface area contributed by atoms with Gasteiger partial charge in [0.25, 0.3) is 0 Å². The smallest absolute Gasteiger partial charge is 0.119 e. The first kappa shape index (κ1) is 9.81. The maximum absolute atomic E-state index is 5.12. The lowest BCUT2D eigenvalue weighted by Crippen LogP contribution is -2.06. The van der Waals surface area contributed by atoms with E-state index >= 15 is 0 Å². The van der Waals surface area contributed by atoms with Crippen LogP contribution in [0.25, 0.3) is 6.08 Å². The average Bonchev–Trinajstić information content (AvgIpc) is 2.19. The molecule has 0 aliphatic rings. The monoisotopic (exact) mass is 177 g/mol. The summed E-state index contributed by atoms with van der Waals surface area (Å²) >= 11 is 0. The van der Waals surface area contributed by atoms with Crippen LogP contribution in [0.3, 0.4) is 0 Å². The van der Waals surface area contributed by atoms with Gasteiger partial charge in [-0.3, -0.25) is 0 Å². The molecule has 1 aromatic carbocycles. The molecule has 1 rings (SSSR count). The van der Waals surface area contributed by atoms with E-state index in [0.29, 0.717) is 0 Å². The van der Waals surface area contributed by atoms with Crippen LogP contribution in [0.15, 0.2) is 24.8 Å². The van der Waals surface area contributed by atoms with Crippen LogP contribution in [0.4, 0.5) is 0 Å². The van der Waals surface area contributed by atoms with Crippen molar-refractivity contribution in [3.05, 3.63) is 35.9 Å². The van der Waals surface area contributed by atoms with Crippen LogP contribution in [0.2, 0.25) is 0 Å². The summed E-state index contributed by atoms with van der Waals surface area (Å²) in [5.74, 6) is 0.870. The van der Waals surface area contributed by atoms with Gasteiger partial charge >= 0.3 is 0 Å². The van der Waals surface area contributed by atoms with E-state index in [1.807, 2.05) is 31.3 Å². The van der Waals surface area contributed by atoms with Crippen molar-refractivity contribution in [1.82, 2.24) is 5.32 Å². The molecule has 0 saturated heterocycles. The van der Waals surface area contributed by atoms with Crippen molar-refractivity contribution in [2.24, 2.45) is 0 Å². The number of methoxy groups -OCH3 is 1. The summed E-state index contributed by atoms with van der Waals surface area (Å²) in [4.78, 5) is 0. The minimum Gasteiger partial charge on any atom is -0.497 e. The number of ether oxygens (including phenoxy) is 1. The lowest BCUT2D eigenvalue weighted by Gasteiger charge is -2.07. The molecule has 1 N–H and O–H groups in total. The second-order valence-corrected chi connectivity index (χ2v) is 2.80. The van der Waals surface area contributed by atoms with Crippen LogP contribution >= 0.6 is 0 Å². The van der Waals surface area contributed by atoms with Crippen molar-refractivity contribution in [3.8, 4) is 5.75 Å². The molecule has 0 fully saturated rings. The molecule has 0 bridgehead atoms. The molecule has 0 unspecified atom stereocenters. The zero-order chi connectivity index (χ0) is 9.68. The Morgan fingerprint density at radius 3 is 2.85 bits per heavy atom. The molecule has 0 heterocycles. The average molecular weight is 177 g/mol. The van der Waals surface area contributed by atoms with E-state index in [0.717, 1.165) is 17.9 Å². The molecule has 0 radical (unpaired) electrons. The SMILES string of the molecule is C=Cc1cc(OC)ccc1CNC. The fourth-order valence-electron chi connectivity index (χ4n) is 1.24. The molecule has 0 spiro atoms. The molecule has 2 heteroatoms. The highest BCUT2D eigenvalue weighted by Gasteiger charge is 1.99. The van der Waals surface area contributed by atoms with Crippen molar-refractivity contribution >= 4 is 6.08 Å². The van der Waals surface area contributed by atoms with Crippen LogP contribution in [-0.4, -0.2) is 14.2 Å². The largest absolute Gasteiger partial charge is 0.497 e. The number of nitrogens with one attached hydrogen (secondary N) is 1. The summed E-state index contributed by atoms with van der Waals surface area (Å²) in [6.07, 6.45) is 1.84. The van der Waals surface area contributed by atoms with Crippen LogP contribution in [0.1, 0.15) is 11.1 Å². The third-order valence-electron chi connectivity index (χ3n) is 1.94. The standard InChI is InChI=1S/C11H15NO/c1-4-9-7-11(13-3)6-5-10(9)8-12-2/h4-7,12H,1,8H2,2-3H3. The lowest BCUT2D eigenvalue weighted by molar-refractivity contribution is 0.414. The molecule has 13 heavy (non-hydrogen) atoms. The molecule has 0 atom stereocenters. The Balaban J connectivity index is 3.00. The van der Waals surface area contributed by atoms with E-state index in [1.54, 1.807) is 7.11 Å². The normalized spacial score (nSPS) is 9.69. The van der Waals surface area contributed by atoms with Gasteiger partial charge in [-0.15, -0.1) is 0 Å². The van der Waals surface area contributed by atoms with Gasteiger partial charge in [0.15, 0.2) is 0 Å². The van der Waals surface area contributed by atoms with Crippen molar-refractivity contribution < 1.29 is 4.74 Å². The van der Waals surface area contributed by atoms with Crippen LogP contribution in [-0.2, 0) is 6.54 Å². The van der Waals surface area contributed by atoms with Gasteiger partial charge in [-0.25, -0.2) is 0 Å². The topological polar surface area (TPSA) is 21.3 Å². The lowest BCUT2D eigenvalue weighted by atomic mass is 10.1. The van der Waals surface area contributed by atoms with Gasteiger partial charge in [-0.1, -0.05) is 18.7 Å². The molecule has 2 nitrogen and oxygen atoms in total. The zero-order valence-electron chi connectivity index (χ0n) is 8.13. The molecular formula is C11H15NO. The second kappa shape index (κ2) is 4.67. The molecule has 0 aromatic heterocycles. The third kappa shape index (κ3) is 2.33. The fourth-order valence-corrected chi connectivity index (χ4v) is 1.24. The Hall–Kier alpha value is -1.28. The Morgan fingerprint density at radius 1 is 1.54 bits per heavy atom. The first-order valence-corrected chi connectivity index (χ1v) is 4.25. The predicted molar refractivity (Wildman–Crippen MR) is 55.8 cm³/mol. The van der Waals surface area contributed by atoms with E-state index in [4.69, 9.17) is 4.74 Å². The molecule has 70 valence electrons. The number of benzene rings is 1. The first-order chi connectivity index (χ1) is 6.31. The van der Waals surface area contributed by atoms with Gasteiger partial charge in [0, 0.05) is 6.54 Å². The van der Waals surface area contributed by atoms with Gasteiger partial charge in [0.2, 0.25) is 0 Å². The summed E-state index contributed by atoms with van der Waals surface area (Å²) in [5, 5.41) is 3.11. The molecule has 0 amide bonds. The Morgan fingerprint density at radius 2 is 2.31 bits per heavy atom. The second-order valence-electron chi connectivity index (χ2n) is 2.80. The number of hydrogen-bond acceptors (Lipinski definition) is 2. The first-order valence-electron chi connectivity index (χ1n) is 4.25. The van der Waals surface area contributed by atoms with E-state index < -0.39 is 0 Å². The number of rotatable bonds is 4. The van der Waals surface area contributed by atoms with Crippen molar-refractivity contribution in [1.29, 1.82) is 0 Å². The van der Waals surface area contributed by atoms with Crippen LogP contribution in [0.5, 0.6) is 5.75 Å². The minimum absolute atomic E-state index is 0.853. The highest BCUT2D eigenvalue weighted by atomic mass is 16.5. The van der Waals surface area contributed by atoms with E-state index in [9.17, 15) is 0 Å². The van der Waals surface area contributed by atoms with E-state index in [1.165, 1.54) is 5.56 Å². The molecular weight excluding hydrogens is 162 g/mol. The summed E-state index contributed by atoms with van der Waals surface area (Å²) in [5.41, 5.74) is 2.35. The fraction of sp³-hybridized carbons (Fsp3) is 0.273. The molecule has 0 aliphatic carbocycles. The zero-order valence-corrected chi connectivity index (χ0v) is 8.13. The molecule has 0 saturated carbocycles.